The van der Waals surface area contributed by atoms with E-state index in [1.54, 1.807) is 7.11 Å². The standard InChI is InChI=1S/C11H20O2/c1-4-5-6-7-11(12)8-10(2)9-13-3/h1,10-12H,5-9H2,2-3H3. The van der Waals surface area contributed by atoms with Crippen LogP contribution in [0.5, 0.6) is 0 Å². The van der Waals surface area contributed by atoms with E-state index in [0.717, 1.165) is 25.7 Å². The summed E-state index contributed by atoms with van der Waals surface area (Å²) >= 11 is 0. The largest absolute Gasteiger partial charge is 0.393 e. The molecule has 0 heterocycles. The van der Waals surface area contributed by atoms with Crippen molar-refractivity contribution in [2.24, 2.45) is 5.92 Å². The van der Waals surface area contributed by atoms with Gasteiger partial charge in [-0.3, -0.25) is 0 Å². The van der Waals surface area contributed by atoms with Gasteiger partial charge >= 0.3 is 0 Å². The van der Waals surface area contributed by atoms with Gasteiger partial charge in [-0.25, -0.2) is 0 Å². The number of ether oxygens (including phenoxy) is 1. The van der Waals surface area contributed by atoms with Crippen molar-refractivity contribution in [2.75, 3.05) is 13.7 Å². The van der Waals surface area contributed by atoms with E-state index < -0.39 is 0 Å². The van der Waals surface area contributed by atoms with Crippen LogP contribution in [-0.4, -0.2) is 24.9 Å². The molecule has 0 bridgehead atoms. The molecule has 0 amide bonds. The van der Waals surface area contributed by atoms with Crippen LogP contribution < -0.4 is 0 Å². The normalized spacial score (nSPS) is 14.9. The minimum atomic E-state index is -0.224. The molecule has 76 valence electrons. The first kappa shape index (κ1) is 12.5. The van der Waals surface area contributed by atoms with Crippen LogP contribution in [0.25, 0.3) is 0 Å². The molecular formula is C11H20O2. The molecule has 0 aliphatic rings. The lowest BCUT2D eigenvalue weighted by Crippen LogP contribution is -2.14. The minimum Gasteiger partial charge on any atom is -0.393 e. The Bertz CT molecular complexity index is 149. The second kappa shape index (κ2) is 8.10. The molecule has 0 aromatic heterocycles. The Labute approximate surface area is 81.3 Å². The summed E-state index contributed by atoms with van der Waals surface area (Å²) in [6.07, 6.45) is 8.17. The molecule has 1 N–H and O–H groups in total. The van der Waals surface area contributed by atoms with Crippen LogP contribution in [0, 0.1) is 18.3 Å². The zero-order valence-electron chi connectivity index (χ0n) is 8.62. The number of aliphatic hydroxyl groups excluding tert-OH is 1. The van der Waals surface area contributed by atoms with E-state index >= 15 is 0 Å². The first-order valence-corrected chi connectivity index (χ1v) is 4.81. The van der Waals surface area contributed by atoms with Crippen molar-refractivity contribution >= 4 is 0 Å². The number of aliphatic hydroxyl groups is 1. The predicted octanol–water partition coefficient (Wildman–Crippen LogP) is 1.82. The van der Waals surface area contributed by atoms with Crippen molar-refractivity contribution in [3.8, 4) is 12.3 Å². The highest BCUT2D eigenvalue weighted by molar-refractivity contribution is 4.83. The van der Waals surface area contributed by atoms with Gasteiger partial charge in [0.15, 0.2) is 0 Å². The van der Waals surface area contributed by atoms with Gasteiger partial charge in [-0.2, -0.15) is 0 Å². The maximum absolute atomic E-state index is 9.55. The van der Waals surface area contributed by atoms with Gasteiger partial charge < -0.3 is 9.84 Å². The van der Waals surface area contributed by atoms with Crippen LogP contribution in [0.2, 0.25) is 0 Å². The lowest BCUT2D eigenvalue weighted by atomic mass is 10.0. The maximum Gasteiger partial charge on any atom is 0.0544 e. The zero-order valence-corrected chi connectivity index (χ0v) is 8.62. The molecule has 2 heteroatoms. The third-order valence-corrected chi connectivity index (χ3v) is 1.98. The molecule has 2 unspecified atom stereocenters. The molecule has 0 radical (unpaired) electrons. The number of terminal acetylenes is 1. The quantitative estimate of drug-likeness (QED) is 0.483. The van der Waals surface area contributed by atoms with Crippen molar-refractivity contribution in [2.45, 2.75) is 38.7 Å². The highest BCUT2D eigenvalue weighted by Crippen LogP contribution is 2.11. The highest BCUT2D eigenvalue weighted by atomic mass is 16.5. The van der Waals surface area contributed by atoms with Gasteiger partial charge in [0.05, 0.1) is 6.10 Å². The van der Waals surface area contributed by atoms with Gasteiger partial charge in [-0.1, -0.05) is 6.92 Å². The number of rotatable bonds is 7. The molecule has 0 aliphatic heterocycles. The lowest BCUT2D eigenvalue weighted by Gasteiger charge is -2.14. The van der Waals surface area contributed by atoms with Crippen molar-refractivity contribution in [1.82, 2.24) is 0 Å². The monoisotopic (exact) mass is 184 g/mol. The third-order valence-electron chi connectivity index (χ3n) is 1.98. The first-order valence-electron chi connectivity index (χ1n) is 4.81. The van der Waals surface area contributed by atoms with E-state index in [2.05, 4.69) is 12.8 Å². The summed E-state index contributed by atoms with van der Waals surface area (Å²) in [6.45, 7) is 2.79. The molecule has 0 fully saturated rings. The summed E-state index contributed by atoms with van der Waals surface area (Å²) in [4.78, 5) is 0. The molecule has 0 saturated carbocycles. The van der Waals surface area contributed by atoms with Crippen molar-refractivity contribution in [3.05, 3.63) is 0 Å². The smallest absolute Gasteiger partial charge is 0.0544 e. The number of unbranched alkanes of at least 4 members (excludes halogenated alkanes) is 1. The van der Waals surface area contributed by atoms with E-state index in [9.17, 15) is 5.11 Å². The Morgan fingerprint density at radius 2 is 2.23 bits per heavy atom. The molecular weight excluding hydrogens is 164 g/mol. The summed E-state index contributed by atoms with van der Waals surface area (Å²) in [6, 6.07) is 0. The predicted molar refractivity (Wildman–Crippen MR) is 54.3 cm³/mol. The fourth-order valence-corrected chi connectivity index (χ4v) is 1.37. The van der Waals surface area contributed by atoms with E-state index in [4.69, 9.17) is 11.2 Å². The Kier molecular flexibility index (Phi) is 7.77. The highest BCUT2D eigenvalue weighted by Gasteiger charge is 2.09. The molecule has 0 aliphatic carbocycles. The summed E-state index contributed by atoms with van der Waals surface area (Å²) < 4.78 is 4.99. The molecule has 0 aromatic carbocycles. The number of methoxy groups -OCH3 is 1. The van der Waals surface area contributed by atoms with Crippen LogP contribution >= 0.6 is 0 Å². The van der Waals surface area contributed by atoms with Gasteiger partial charge in [0.1, 0.15) is 0 Å². The lowest BCUT2D eigenvalue weighted by molar-refractivity contribution is 0.0956. The van der Waals surface area contributed by atoms with Crippen LogP contribution in [-0.2, 0) is 4.74 Å². The van der Waals surface area contributed by atoms with E-state index in [1.807, 2.05) is 0 Å². The van der Waals surface area contributed by atoms with Gasteiger partial charge in [0.2, 0.25) is 0 Å². The number of hydrogen-bond donors (Lipinski definition) is 1. The van der Waals surface area contributed by atoms with E-state index in [-0.39, 0.29) is 6.10 Å². The van der Waals surface area contributed by atoms with Gasteiger partial charge in [0.25, 0.3) is 0 Å². The zero-order chi connectivity index (χ0) is 10.1. The molecule has 0 spiro atoms. The summed E-state index contributed by atoms with van der Waals surface area (Å²) in [7, 11) is 1.68. The molecule has 2 atom stereocenters. The fourth-order valence-electron chi connectivity index (χ4n) is 1.37. The summed E-state index contributed by atoms with van der Waals surface area (Å²) in [5.74, 6) is 2.99. The van der Waals surface area contributed by atoms with Gasteiger partial charge in [0, 0.05) is 20.1 Å². The van der Waals surface area contributed by atoms with Gasteiger partial charge in [-0.15, -0.1) is 12.3 Å². The van der Waals surface area contributed by atoms with Crippen LogP contribution in [0.15, 0.2) is 0 Å². The Morgan fingerprint density at radius 1 is 1.54 bits per heavy atom. The Balaban J connectivity index is 3.38. The second-order valence-corrected chi connectivity index (χ2v) is 3.55. The van der Waals surface area contributed by atoms with Crippen LogP contribution in [0.1, 0.15) is 32.6 Å². The minimum absolute atomic E-state index is 0.224. The molecule has 0 rings (SSSR count). The van der Waals surface area contributed by atoms with Crippen molar-refractivity contribution in [3.63, 3.8) is 0 Å². The maximum atomic E-state index is 9.55. The van der Waals surface area contributed by atoms with Crippen molar-refractivity contribution in [1.29, 1.82) is 0 Å². The third kappa shape index (κ3) is 7.83. The molecule has 2 nitrogen and oxygen atoms in total. The van der Waals surface area contributed by atoms with E-state index in [1.165, 1.54) is 0 Å². The first-order chi connectivity index (χ1) is 6.20. The molecule has 13 heavy (non-hydrogen) atoms. The summed E-state index contributed by atoms with van der Waals surface area (Å²) in [5, 5.41) is 9.55. The number of hydrogen-bond acceptors (Lipinski definition) is 2. The van der Waals surface area contributed by atoms with E-state index in [0.29, 0.717) is 12.5 Å². The van der Waals surface area contributed by atoms with Crippen molar-refractivity contribution < 1.29 is 9.84 Å². The Morgan fingerprint density at radius 3 is 2.77 bits per heavy atom. The second-order valence-electron chi connectivity index (χ2n) is 3.55. The van der Waals surface area contributed by atoms with Crippen LogP contribution in [0.3, 0.4) is 0 Å². The average Bonchev–Trinajstić information content (AvgIpc) is 2.05. The SMILES string of the molecule is C#CCCCC(O)CC(C)COC. The van der Waals surface area contributed by atoms with Crippen LogP contribution in [0.4, 0.5) is 0 Å². The molecule has 0 aromatic rings. The topological polar surface area (TPSA) is 29.5 Å². The van der Waals surface area contributed by atoms with Gasteiger partial charge in [-0.05, 0) is 25.2 Å². The molecule has 0 saturated heterocycles. The Hall–Kier alpha value is -0.520. The average molecular weight is 184 g/mol. The summed E-state index contributed by atoms with van der Waals surface area (Å²) in [5.41, 5.74) is 0. The fraction of sp³-hybridized carbons (Fsp3) is 0.818.